The van der Waals surface area contributed by atoms with Gasteiger partial charge in [0.05, 0.1) is 10.7 Å². The van der Waals surface area contributed by atoms with Gasteiger partial charge in [0.25, 0.3) is 0 Å². The molecule has 0 aliphatic carbocycles. The van der Waals surface area contributed by atoms with Gasteiger partial charge in [-0.2, -0.15) is 0 Å². The van der Waals surface area contributed by atoms with Crippen LogP contribution >= 0.6 is 35.6 Å². The van der Waals surface area contributed by atoms with Crippen LogP contribution in [0, 0.1) is 0 Å². The molecule has 0 saturated carbocycles. The molecule has 2 rings (SSSR count). The highest BCUT2D eigenvalue weighted by Crippen LogP contribution is 2.25. The standard InChI is InChI=1S/C13H17Cl2N3O.ClH/c1-18(10-7-16-8-10)5-4-13(19)17-12-6-9(14)2-3-11(12)15;/h2-3,6,10,16H,4-5,7-8H2,1H3,(H,17,19);1H. The number of nitrogens with one attached hydrogen (secondary N) is 2. The molecule has 0 atom stereocenters. The summed E-state index contributed by atoms with van der Waals surface area (Å²) in [6.07, 6.45) is 0.440. The number of carbonyl (C=O) groups excluding carboxylic acids is 1. The van der Waals surface area contributed by atoms with Crippen molar-refractivity contribution in [2.45, 2.75) is 12.5 Å². The van der Waals surface area contributed by atoms with E-state index in [1.165, 1.54) is 0 Å². The quantitative estimate of drug-likeness (QED) is 0.867. The number of nitrogens with zero attached hydrogens (tertiary/aromatic N) is 1. The highest BCUT2D eigenvalue weighted by Gasteiger charge is 2.21. The van der Waals surface area contributed by atoms with Crippen LogP contribution in [0.2, 0.25) is 10.0 Å². The monoisotopic (exact) mass is 337 g/mol. The summed E-state index contributed by atoms with van der Waals surface area (Å²) in [5.74, 6) is -0.0525. The lowest BCUT2D eigenvalue weighted by Gasteiger charge is -2.35. The van der Waals surface area contributed by atoms with Gasteiger partial charge in [0, 0.05) is 37.1 Å². The highest BCUT2D eigenvalue weighted by atomic mass is 35.5. The molecule has 1 aliphatic heterocycles. The Bertz CT molecular complexity index is 466. The molecule has 1 aromatic carbocycles. The Morgan fingerprint density at radius 3 is 2.75 bits per heavy atom. The second-order valence-corrected chi connectivity index (χ2v) is 5.56. The van der Waals surface area contributed by atoms with Crippen LogP contribution in [0.5, 0.6) is 0 Å². The van der Waals surface area contributed by atoms with E-state index in [0.29, 0.717) is 28.2 Å². The van der Waals surface area contributed by atoms with Crippen molar-refractivity contribution in [1.29, 1.82) is 0 Å². The minimum atomic E-state index is -0.0525. The largest absolute Gasteiger partial charge is 0.325 e. The average molecular weight is 339 g/mol. The summed E-state index contributed by atoms with van der Waals surface area (Å²) in [5.41, 5.74) is 0.562. The minimum Gasteiger partial charge on any atom is -0.325 e. The van der Waals surface area contributed by atoms with E-state index < -0.39 is 0 Å². The van der Waals surface area contributed by atoms with Gasteiger partial charge in [-0.25, -0.2) is 0 Å². The third kappa shape index (κ3) is 4.79. The van der Waals surface area contributed by atoms with Crippen LogP contribution in [-0.2, 0) is 4.79 Å². The van der Waals surface area contributed by atoms with Crippen molar-refractivity contribution < 1.29 is 4.79 Å². The molecule has 1 amide bonds. The van der Waals surface area contributed by atoms with Gasteiger partial charge in [-0.1, -0.05) is 23.2 Å². The lowest BCUT2D eigenvalue weighted by molar-refractivity contribution is -0.116. The van der Waals surface area contributed by atoms with Crippen molar-refractivity contribution in [2.24, 2.45) is 0 Å². The molecule has 0 radical (unpaired) electrons. The first kappa shape index (κ1) is 17.5. The van der Waals surface area contributed by atoms with Crippen molar-refractivity contribution in [1.82, 2.24) is 10.2 Å². The van der Waals surface area contributed by atoms with E-state index in [1.807, 2.05) is 7.05 Å². The van der Waals surface area contributed by atoms with E-state index in [4.69, 9.17) is 23.2 Å². The second kappa shape index (κ2) is 8.05. The van der Waals surface area contributed by atoms with E-state index in [-0.39, 0.29) is 18.3 Å². The Kier molecular flexibility index (Phi) is 7.06. The van der Waals surface area contributed by atoms with Gasteiger partial charge in [-0.3, -0.25) is 4.79 Å². The van der Waals surface area contributed by atoms with Crippen molar-refractivity contribution in [3.63, 3.8) is 0 Å². The van der Waals surface area contributed by atoms with Crippen molar-refractivity contribution in [3.05, 3.63) is 28.2 Å². The zero-order chi connectivity index (χ0) is 13.8. The predicted molar refractivity (Wildman–Crippen MR) is 86.2 cm³/mol. The number of carbonyl (C=O) groups is 1. The summed E-state index contributed by atoms with van der Waals surface area (Å²) in [5, 5.41) is 7.04. The van der Waals surface area contributed by atoms with Crippen molar-refractivity contribution >= 4 is 47.2 Å². The SMILES string of the molecule is CN(CCC(=O)Nc1cc(Cl)ccc1Cl)C1CNC1.Cl. The topological polar surface area (TPSA) is 44.4 Å². The summed E-state index contributed by atoms with van der Waals surface area (Å²) in [6.45, 7) is 2.73. The van der Waals surface area contributed by atoms with Crippen LogP contribution in [0.1, 0.15) is 6.42 Å². The third-order valence-corrected chi connectivity index (χ3v) is 3.84. The lowest BCUT2D eigenvalue weighted by Crippen LogP contribution is -2.56. The summed E-state index contributed by atoms with van der Waals surface area (Å²) < 4.78 is 0. The van der Waals surface area contributed by atoms with E-state index in [1.54, 1.807) is 18.2 Å². The first-order chi connectivity index (χ1) is 9.06. The molecule has 1 fully saturated rings. The Morgan fingerprint density at radius 2 is 2.15 bits per heavy atom. The van der Waals surface area contributed by atoms with E-state index >= 15 is 0 Å². The van der Waals surface area contributed by atoms with Crippen LogP contribution in [0.25, 0.3) is 0 Å². The predicted octanol–water partition coefficient (Wildman–Crippen LogP) is 2.65. The Hall–Kier alpha value is -0.520. The first-order valence-corrected chi connectivity index (χ1v) is 6.97. The molecule has 0 unspecified atom stereocenters. The molecule has 112 valence electrons. The fourth-order valence-electron chi connectivity index (χ4n) is 1.85. The normalized spacial score (nSPS) is 14.6. The molecule has 2 N–H and O–H groups in total. The van der Waals surface area contributed by atoms with Crippen LogP contribution in [0.15, 0.2) is 18.2 Å². The lowest BCUT2D eigenvalue weighted by atomic mass is 10.1. The maximum atomic E-state index is 11.9. The van der Waals surface area contributed by atoms with Crippen molar-refractivity contribution in [3.8, 4) is 0 Å². The smallest absolute Gasteiger partial charge is 0.225 e. The van der Waals surface area contributed by atoms with Crippen LogP contribution in [-0.4, -0.2) is 43.5 Å². The number of anilines is 1. The zero-order valence-corrected chi connectivity index (χ0v) is 13.5. The number of amides is 1. The van der Waals surface area contributed by atoms with Gasteiger partial charge in [0.2, 0.25) is 5.91 Å². The number of hydrogen-bond acceptors (Lipinski definition) is 3. The van der Waals surface area contributed by atoms with Gasteiger partial charge >= 0.3 is 0 Å². The summed E-state index contributed by atoms with van der Waals surface area (Å²) in [6, 6.07) is 5.56. The first-order valence-electron chi connectivity index (χ1n) is 6.22. The van der Waals surface area contributed by atoms with Crippen LogP contribution in [0.3, 0.4) is 0 Å². The van der Waals surface area contributed by atoms with Crippen LogP contribution in [0.4, 0.5) is 5.69 Å². The summed E-state index contributed by atoms with van der Waals surface area (Å²) in [7, 11) is 2.03. The molecule has 1 aromatic rings. The number of hydrogen-bond donors (Lipinski definition) is 2. The minimum absolute atomic E-state index is 0. The molecule has 4 nitrogen and oxygen atoms in total. The molecule has 7 heteroatoms. The number of rotatable bonds is 5. The maximum absolute atomic E-state index is 11.9. The number of halogens is 3. The molecule has 0 spiro atoms. The molecule has 1 aliphatic rings. The molecule has 1 heterocycles. The zero-order valence-electron chi connectivity index (χ0n) is 11.2. The average Bonchev–Trinajstić information content (AvgIpc) is 2.29. The van der Waals surface area contributed by atoms with E-state index in [0.717, 1.165) is 19.6 Å². The Labute approximate surface area is 135 Å². The summed E-state index contributed by atoms with van der Waals surface area (Å²) in [4.78, 5) is 14.0. The molecule has 0 bridgehead atoms. The number of benzene rings is 1. The Morgan fingerprint density at radius 1 is 1.45 bits per heavy atom. The maximum Gasteiger partial charge on any atom is 0.225 e. The van der Waals surface area contributed by atoms with E-state index in [2.05, 4.69) is 15.5 Å². The van der Waals surface area contributed by atoms with Gasteiger partial charge in [-0.15, -0.1) is 12.4 Å². The van der Waals surface area contributed by atoms with E-state index in [9.17, 15) is 4.79 Å². The van der Waals surface area contributed by atoms with Crippen LogP contribution < -0.4 is 10.6 Å². The van der Waals surface area contributed by atoms with Gasteiger partial charge in [0.1, 0.15) is 0 Å². The molecular formula is C13H18Cl3N3O. The van der Waals surface area contributed by atoms with Gasteiger partial charge in [0.15, 0.2) is 0 Å². The van der Waals surface area contributed by atoms with Gasteiger partial charge in [-0.05, 0) is 25.2 Å². The highest BCUT2D eigenvalue weighted by molar-refractivity contribution is 6.35. The molecular weight excluding hydrogens is 321 g/mol. The van der Waals surface area contributed by atoms with Crippen molar-refractivity contribution in [2.75, 3.05) is 32.0 Å². The summed E-state index contributed by atoms with van der Waals surface area (Å²) >= 11 is 11.9. The second-order valence-electron chi connectivity index (χ2n) is 4.72. The van der Waals surface area contributed by atoms with Gasteiger partial charge < -0.3 is 15.5 Å². The fourth-order valence-corrected chi connectivity index (χ4v) is 2.19. The molecule has 0 aromatic heterocycles. The molecule has 1 saturated heterocycles. The molecule has 20 heavy (non-hydrogen) atoms. The number of likely N-dealkylation sites (N-methyl/N-ethyl adjacent to an activating group) is 1. The Balaban J connectivity index is 0.00000200. The third-order valence-electron chi connectivity index (χ3n) is 3.28. The fraction of sp³-hybridized carbons (Fsp3) is 0.462.